The SMILES string of the molecule is COc1ccc(CN2CCN(C3CCN(Cc4ccccc4)CC3)CC2)cc1. The molecule has 150 valence electrons. The summed E-state index contributed by atoms with van der Waals surface area (Å²) < 4.78 is 5.26. The van der Waals surface area contributed by atoms with Crippen LogP contribution in [0, 0.1) is 0 Å². The zero-order chi connectivity index (χ0) is 19.2. The maximum absolute atomic E-state index is 5.26. The first kappa shape index (κ1) is 19.4. The predicted molar refractivity (Wildman–Crippen MR) is 115 cm³/mol. The fraction of sp³-hybridized carbons (Fsp3) is 0.500. The lowest BCUT2D eigenvalue weighted by atomic mass is 10.0. The van der Waals surface area contributed by atoms with Crippen molar-refractivity contribution in [3.05, 3.63) is 65.7 Å². The zero-order valence-electron chi connectivity index (χ0n) is 17.1. The summed E-state index contributed by atoms with van der Waals surface area (Å²) in [6, 6.07) is 20.2. The normalized spacial score (nSPS) is 20.3. The number of rotatable bonds is 6. The predicted octanol–water partition coefficient (Wildman–Crippen LogP) is 3.48. The fourth-order valence-corrected chi connectivity index (χ4v) is 4.56. The third-order valence-electron chi connectivity index (χ3n) is 6.29. The van der Waals surface area contributed by atoms with Crippen molar-refractivity contribution in [1.82, 2.24) is 14.7 Å². The van der Waals surface area contributed by atoms with Gasteiger partial charge in [0.05, 0.1) is 7.11 Å². The summed E-state index contributed by atoms with van der Waals surface area (Å²) in [5, 5.41) is 0. The van der Waals surface area contributed by atoms with Gasteiger partial charge in [-0.2, -0.15) is 0 Å². The number of piperazine rings is 1. The Bertz CT molecular complexity index is 702. The third kappa shape index (κ3) is 5.13. The van der Waals surface area contributed by atoms with Crippen LogP contribution in [-0.2, 0) is 13.1 Å². The number of piperidine rings is 1. The second-order valence-electron chi connectivity index (χ2n) is 8.15. The summed E-state index contributed by atoms with van der Waals surface area (Å²) in [4.78, 5) is 7.94. The molecule has 0 saturated carbocycles. The fourth-order valence-electron chi connectivity index (χ4n) is 4.56. The van der Waals surface area contributed by atoms with Crippen molar-refractivity contribution in [3.8, 4) is 5.75 Å². The van der Waals surface area contributed by atoms with Crippen molar-refractivity contribution in [2.45, 2.75) is 32.0 Å². The van der Waals surface area contributed by atoms with Crippen LogP contribution in [0.5, 0.6) is 5.75 Å². The highest BCUT2D eigenvalue weighted by Gasteiger charge is 2.27. The maximum atomic E-state index is 5.26. The van der Waals surface area contributed by atoms with Gasteiger partial charge in [0.1, 0.15) is 5.75 Å². The molecule has 2 aliphatic rings. The monoisotopic (exact) mass is 379 g/mol. The smallest absolute Gasteiger partial charge is 0.118 e. The second kappa shape index (κ2) is 9.55. The number of benzene rings is 2. The van der Waals surface area contributed by atoms with Crippen molar-refractivity contribution in [2.75, 3.05) is 46.4 Å². The van der Waals surface area contributed by atoms with Crippen LogP contribution in [0.3, 0.4) is 0 Å². The minimum atomic E-state index is 0.773. The maximum Gasteiger partial charge on any atom is 0.118 e. The molecule has 0 unspecified atom stereocenters. The number of hydrogen-bond donors (Lipinski definition) is 0. The molecule has 4 rings (SSSR count). The molecule has 0 amide bonds. The van der Waals surface area contributed by atoms with Gasteiger partial charge in [0.25, 0.3) is 0 Å². The van der Waals surface area contributed by atoms with Crippen LogP contribution in [0.15, 0.2) is 54.6 Å². The average molecular weight is 380 g/mol. The molecule has 4 heteroatoms. The standard InChI is InChI=1S/C24H33N3O/c1-28-24-9-7-22(8-10-24)20-26-15-17-27(18-16-26)23-11-13-25(14-12-23)19-21-5-3-2-4-6-21/h2-10,23H,11-20H2,1H3. The summed E-state index contributed by atoms with van der Waals surface area (Å²) in [5.41, 5.74) is 2.82. The van der Waals surface area contributed by atoms with Gasteiger partial charge in [-0.1, -0.05) is 42.5 Å². The van der Waals surface area contributed by atoms with Gasteiger partial charge in [-0.25, -0.2) is 0 Å². The molecule has 2 aromatic rings. The molecule has 2 aromatic carbocycles. The van der Waals surface area contributed by atoms with Crippen LogP contribution in [0.4, 0.5) is 0 Å². The van der Waals surface area contributed by atoms with Crippen LogP contribution < -0.4 is 4.74 Å². The number of nitrogens with zero attached hydrogens (tertiary/aromatic N) is 3. The van der Waals surface area contributed by atoms with E-state index in [-0.39, 0.29) is 0 Å². The number of ether oxygens (including phenoxy) is 1. The Labute approximate surface area is 169 Å². The molecule has 2 saturated heterocycles. The van der Waals surface area contributed by atoms with Crippen LogP contribution in [-0.4, -0.2) is 67.1 Å². The van der Waals surface area contributed by atoms with E-state index in [0.717, 1.165) is 24.9 Å². The van der Waals surface area contributed by atoms with E-state index < -0.39 is 0 Å². The minimum absolute atomic E-state index is 0.773. The molecule has 0 radical (unpaired) electrons. The summed E-state index contributed by atoms with van der Waals surface area (Å²) in [6.07, 6.45) is 2.62. The van der Waals surface area contributed by atoms with E-state index in [2.05, 4.69) is 69.3 Å². The van der Waals surface area contributed by atoms with Crippen molar-refractivity contribution >= 4 is 0 Å². The van der Waals surface area contributed by atoms with Gasteiger partial charge in [0, 0.05) is 45.3 Å². The zero-order valence-corrected chi connectivity index (χ0v) is 17.1. The molecular formula is C24H33N3O. The molecule has 28 heavy (non-hydrogen) atoms. The van der Waals surface area contributed by atoms with Crippen LogP contribution >= 0.6 is 0 Å². The Morgan fingerprint density at radius 2 is 1.29 bits per heavy atom. The summed E-state index contributed by atoms with van der Waals surface area (Å²) in [6.45, 7) is 9.37. The first-order chi connectivity index (χ1) is 13.8. The third-order valence-corrected chi connectivity index (χ3v) is 6.29. The molecule has 4 nitrogen and oxygen atoms in total. The van der Waals surface area contributed by atoms with Gasteiger partial charge in [0.15, 0.2) is 0 Å². The minimum Gasteiger partial charge on any atom is -0.497 e. The Hall–Kier alpha value is -1.88. The van der Waals surface area contributed by atoms with E-state index in [9.17, 15) is 0 Å². The van der Waals surface area contributed by atoms with E-state index in [4.69, 9.17) is 4.74 Å². The quantitative estimate of drug-likeness (QED) is 0.765. The lowest BCUT2D eigenvalue weighted by Gasteiger charge is -2.42. The second-order valence-corrected chi connectivity index (χ2v) is 8.15. The molecule has 2 heterocycles. The Balaban J connectivity index is 1.19. The van der Waals surface area contributed by atoms with E-state index in [1.54, 1.807) is 7.11 Å². The Morgan fingerprint density at radius 3 is 1.89 bits per heavy atom. The topological polar surface area (TPSA) is 19.0 Å². The Kier molecular flexibility index (Phi) is 6.63. The molecular weight excluding hydrogens is 346 g/mol. The summed E-state index contributed by atoms with van der Waals surface area (Å²) in [7, 11) is 1.72. The van der Waals surface area contributed by atoms with E-state index >= 15 is 0 Å². The van der Waals surface area contributed by atoms with Crippen molar-refractivity contribution in [3.63, 3.8) is 0 Å². The van der Waals surface area contributed by atoms with Crippen molar-refractivity contribution < 1.29 is 4.74 Å². The molecule has 0 atom stereocenters. The first-order valence-corrected chi connectivity index (χ1v) is 10.7. The van der Waals surface area contributed by atoms with Gasteiger partial charge in [0.2, 0.25) is 0 Å². The molecule has 2 aliphatic heterocycles. The van der Waals surface area contributed by atoms with Gasteiger partial charge in [-0.05, 0) is 49.2 Å². The molecule has 0 aromatic heterocycles. The highest BCUT2D eigenvalue weighted by Crippen LogP contribution is 2.21. The van der Waals surface area contributed by atoms with Crippen molar-refractivity contribution in [2.24, 2.45) is 0 Å². The summed E-state index contributed by atoms with van der Waals surface area (Å²) in [5.74, 6) is 0.937. The van der Waals surface area contributed by atoms with Crippen molar-refractivity contribution in [1.29, 1.82) is 0 Å². The number of hydrogen-bond acceptors (Lipinski definition) is 4. The molecule has 0 N–H and O–H groups in total. The van der Waals surface area contributed by atoms with E-state index in [1.165, 1.54) is 63.2 Å². The number of methoxy groups -OCH3 is 1. The van der Waals surface area contributed by atoms with Crippen LogP contribution in [0.1, 0.15) is 24.0 Å². The molecule has 0 aliphatic carbocycles. The lowest BCUT2D eigenvalue weighted by Crippen LogP contribution is -2.52. The summed E-state index contributed by atoms with van der Waals surface area (Å²) >= 11 is 0. The average Bonchev–Trinajstić information content (AvgIpc) is 2.76. The highest BCUT2D eigenvalue weighted by atomic mass is 16.5. The van der Waals surface area contributed by atoms with E-state index in [0.29, 0.717) is 0 Å². The van der Waals surface area contributed by atoms with E-state index in [1.807, 2.05) is 0 Å². The van der Waals surface area contributed by atoms with Gasteiger partial charge >= 0.3 is 0 Å². The van der Waals surface area contributed by atoms with Gasteiger partial charge < -0.3 is 4.74 Å². The highest BCUT2D eigenvalue weighted by molar-refractivity contribution is 5.27. The van der Waals surface area contributed by atoms with Crippen LogP contribution in [0.25, 0.3) is 0 Å². The largest absolute Gasteiger partial charge is 0.497 e. The molecule has 0 bridgehead atoms. The van der Waals surface area contributed by atoms with Gasteiger partial charge in [-0.15, -0.1) is 0 Å². The molecule has 2 fully saturated rings. The molecule has 0 spiro atoms. The van der Waals surface area contributed by atoms with Crippen LogP contribution in [0.2, 0.25) is 0 Å². The Morgan fingerprint density at radius 1 is 0.714 bits per heavy atom. The van der Waals surface area contributed by atoms with Gasteiger partial charge in [-0.3, -0.25) is 14.7 Å². The lowest BCUT2D eigenvalue weighted by molar-refractivity contribution is 0.0550. The number of likely N-dealkylation sites (tertiary alicyclic amines) is 1. The first-order valence-electron chi connectivity index (χ1n) is 10.7.